The number of aliphatic imine (C=N–C) groups is 1. The molecular weight excluding hydrogens is 377 g/mol. The van der Waals surface area contributed by atoms with Gasteiger partial charge in [0.05, 0.1) is 6.04 Å². The smallest absolute Gasteiger partial charge is 0.191 e. The summed E-state index contributed by atoms with van der Waals surface area (Å²) in [4.78, 5) is 4.31. The number of halogens is 1. The molecule has 4 nitrogen and oxygen atoms in total. The van der Waals surface area contributed by atoms with Crippen LogP contribution in [0.4, 0.5) is 0 Å². The maximum atomic E-state index is 5.64. The summed E-state index contributed by atoms with van der Waals surface area (Å²) < 4.78 is 5.64. The molecule has 2 rings (SSSR count). The van der Waals surface area contributed by atoms with E-state index in [0.29, 0.717) is 5.41 Å². The van der Waals surface area contributed by atoms with Crippen LogP contribution in [0.15, 0.2) is 21.5 Å². The Hall–Kier alpha value is -0.720. The Labute approximate surface area is 145 Å². The van der Waals surface area contributed by atoms with Gasteiger partial charge in [0.2, 0.25) is 0 Å². The topological polar surface area (TPSA) is 49.6 Å². The molecule has 1 aliphatic rings. The number of hydrogen-bond acceptors (Lipinski definition) is 2. The monoisotopic (exact) mass is 405 g/mol. The molecule has 0 aromatic carbocycles. The standard InChI is InChI=1S/C16H27N3O.HI/c1-12-7-8-14(20-12)13(2)19-15(17-4)18-11-16(3)9-5-6-10-16;/h7-8,13H,5-6,9-11H2,1-4H3,(H2,17,18,19);1H. The van der Waals surface area contributed by atoms with Gasteiger partial charge in [-0.1, -0.05) is 19.8 Å². The van der Waals surface area contributed by atoms with Crippen molar-refractivity contribution in [3.8, 4) is 0 Å². The van der Waals surface area contributed by atoms with E-state index >= 15 is 0 Å². The highest BCUT2D eigenvalue weighted by atomic mass is 127. The fourth-order valence-corrected chi connectivity index (χ4v) is 2.86. The number of guanidine groups is 1. The summed E-state index contributed by atoms with van der Waals surface area (Å²) in [6.07, 6.45) is 5.33. The van der Waals surface area contributed by atoms with Crippen molar-refractivity contribution in [1.82, 2.24) is 10.6 Å². The normalized spacial score (nSPS) is 19.0. The highest BCUT2D eigenvalue weighted by Gasteiger charge is 2.28. The summed E-state index contributed by atoms with van der Waals surface area (Å²) in [6.45, 7) is 7.39. The minimum Gasteiger partial charge on any atom is -0.464 e. The van der Waals surface area contributed by atoms with E-state index in [2.05, 4.69) is 29.5 Å². The molecule has 0 aliphatic heterocycles. The summed E-state index contributed by atoms with van der Waals surface area (Å²) in [5.41, 5.74) is 0.419. The Morgan fingerprint density at radius 1 is 1.38 bits per heavy atom. The number of aryl methyl sites for hydroxylation is 1. The number of rotatable bonds is 4. The Balaban J connectivity index is 0.00000220. The van der Waals surface area contributed by atoms with Crippen LogP contribution in [-0.4, -0.2) is 19.6 Å². The minimum atomic E-state index is 0. The van der Waals surface area contributed by atoms with E-state index in [1.165, 1.54) is 25.7 Å². The zero-order chi connectivity index (χ0) is 14.6. The molecule has 0 spiro atoms. The quantitative estimate of drug-likeness (QED) is 0.452. The molecule has 120 valence electrons. The van der Waals surface area contributed by atoms with Crippen molar-refractivity contribution in [3.63, 3.8) is 0 Å². The molecule has 1 heterocycles. The number of furan rings is 1. The number of nitrogens with one attached hydrogen (secondary N) is 2. The molecule has 1 saturated carbocycles. The molecule has 1 atom stereocenters. The van der Waals surface area contributed by atoms with Gasteiger partial charge < -0.3 is 15.1 Å². The third kappa shape index (κ3) is 5.20. The lowest BCUT2D eigenvalue weighted by molar-refractivity contribution is 0.333. The second-order valence-electron chi connectivity index (χ2n) is 6.26. The highest BCUT2D eigenvalue weighted by molar-refractivity contribution is 14.0. The van der Waals surface area contributed by atoms with E-state index in [1.807, 2.05) is 26.1 Å². The van der Waals surface area contributed by atoms with Crippen LogP contribution in [-0.2, 0) is 0 Å². The van der Waals surface area contributed by atoms with Crippen LogP contribution in [0.3, 0.4) is 0 Å². The van der Waals surface area contributed by atoms with Crippen molar-refractivity contribution in [3.05, 3.63) is 23.7 Å². The summed E-state index contributed by atoms with van der Waals surface area (Å²) >= 11 is 0. The van der Waals surface area contributed by atoms with Crippen molar-refractivity contribution in [1.29, 1.82) is 0 Å². The molecular formula is C16H28IN3O. The van der Waals surface area contributed by atoms with Gasteiger partial charge in [0, 0.05) is 13.6 Å². The predicted molar refractivity (Wildman–Crippen MR) is 98.3 cm³/mol. The fraction of sp³-hybridized carbons (Fsp3) is 0.688. The van der Waals surface area contributed by atoms with E-state index in [9.17, 15) is 0 Å². The second-order valence-corrected chi connectivity index (χ2v) is 6.26. The minimum absolute atomic E-state index is 0. The maximum Gasteiger partial charge on any atom is 0.191 e. The summed E-state index contributed by atoms with van der Waals surface area (Å²) in [6, 6.07) is 4.12. The average molecular weight is 405 g/mol. The lowest BCUT2D eigenvalue weighted by Gasteiger charge is -2.26. The molecule has 0 radical (unpaired) electrons. The average Bonchev–Trinajstić information content (AvgIpc) is 3.04. The van der Waals surface area contributed by atoms with Crippen LogP contribution in [0.1, 0.15) is 57.1 Å². The van der Waals surface area contributed by atoms with Gasteiger partial charge in [-0.05, 0) is 44.2 Å². The van der Waals surface area contributed by atoms with E-state index < -0.39 is 0 Å². The SMILES string of the molecule is CN=C(NCC1(C)CCCC1)NC(C)c1ccc(C)o1.I. The van der Waals surface area contributed by atoms with Gasteiger partial charge in [-0.2, -0.15) is 0 Å². The second kappa shape index (κ2) is 8.06. The largest absolute Gasteiger partial charge is 0.464 e. The lowest BCUT2D eigenvalue weighted by atomic mass is 9.89. The van der Waals surface area contributed by atoms with Gasteiger partial charge in [0.25, 0.3) is 0 Å². The van der Waals surface area contributed by atoms with Crippen LogP contribution in [0, 0.1) is 12.3 Å². The van der Waals surface area contributed by atoms with Gasteiger partial charge in [0.15, 0.2) is 5.96 Å². The van der Waals surface area contributed by atoms with Crippen molar-refractivity contribution in [2.45, 2.75) is 52.5 Å². The van der Waals surface area contributed by atoms with Gasteiger partial charge in [0.1, 0.15) is 11.5 Å². The van der Waals surface area contributed by atoms with Crippen LogP contribution in [0.2, 0.25) is 0 Å². The molecule has 1 aliphatic carbocycles. The summed E-state index contributed by atoms with van der Waals surface area (Å²) in [5.74, 6) is 2.73. The predicted octanol–water partition coefficient (Wildman–Crippen LogP) is 4.01. The van der Waals surface area contributed by atoms with Gasteiger partial charge in [-0.3, -0.25) is 4.99 Å². The summed E-state index contributed by atoms with van der Waals surface area (Å²) in [5, 5.41) is 6.84. The van der Waals surface area contributed by atoms with Crippen LogP contribution >= 0.6 is 24.0 Å². The fourth-order valence-electron chi connectivity index (χ4n) is 2.86. The third-order valence-corrected chi connectivity index (χ3v) is 4.26. The molecule has 0 amide bonds. The Morgan fingerprint density at radius 2 is 2.05 bits per heavy atom. The first-order chi connectivity index (χ1) is 9.52. The molecule has 1 aromatic heterocycles. The molecule has 1 unspecified atom stereocenters. The summed E-state index contributed by atoms with van der Waals surface area (Å²) in [7, 11) is 1.81. The van der Waals surface area contributed by atoms with Gasteiger partial charge in [-0.25, -0.2) is 0 Å². The van der Waals surface area contributed by atoms with Crippen LogP contribution < -0.4 is 10.6 Å². The Morgan fingerprint density at radius 3 is 2.57 bits per heavy atom. The number of hydrogen-bond donors (Lipinski definition) is 2. The van der Waals surface area contributed by atoms with E-state index in [1.54, 1.807) is 0 Å². The van der Waals surface area contributed by atoms with Crippen molar-refractivity contribution in [2.24, 2.45) is 10.4 Å². The Bertz CT molecular complexity index is 464. The first kappa shape index (κ1) is 18.3. The van der Waals surface area contributed by atoms with Crippen molar-refractivity contribution >= 4 is 29.9 Å². The third-order valence-electron chi connectivity index (χ3n) is 4.26. The first-order valence-corrected chi connectivity index (χ1v) is 7.56. The number of nitrogens with zero attached hydrogens (tertiary/aromatic N) is 1. The molecule has 2 N–H and O–H groups in total. The zero-order valence-electron chi connectivity index (χ0n) is 13.5. The molecule has 21 heavy (non-hydrogen) atoms. The van der Waals surface area contributed by atoms with E-state index in [4.69, 9.17) is 4.42 Å². The van der Waals surface area contributed by atoms with Crippen molar-refractivity contribution < 1.29 is 4.42 Å². The lowest BCUT2D eigenvalue weighted by Crippen LogP contribution is -2.42. The highest BCUT2D eigenvalue weighted by Crippen LogP contribution is 2.36. The van der Waals surface area contributed by atoms with E-state index in [-0.39, 0.29) is 30.0 Å². The molecule has 5 heteroatoms. The van der Waals surface area contributed by atoms with Crippen LogP contribution in [0.5, 0.6) is 0 Å². The van der Waals surface area contributed by atoms with Crippen molar-refractivity contribution in [2.75, 3.05) is 13.6 Å². The molecule has 1 aromatic rings. The Kier molecular flexibility index (Phi) is 7.03. The first-order valence-electron chi connectivity index (χ1n) is 7.56. The zero-order valence-corrected chi connectivity index (χ0v) is 15.9. The molecule has 0 bridgehead atoms. The van der Waals surface area contributed by atoms with E-state index in [0.717, 1.165) is 24.0 Å². The van der Waals surface area contributed by atoms with Gasteiger partial charge in [-0.15, -0.1) is 24.0 Å². The molecule has 0 saturated heterocycles. The van der Waals surface area contributed by atoms with Gasteiger partial charge >= 0.3 is 0 Å². The molecule has 1 fully saturated rings. The maximum absolute atomic E-state index is 5.64. The van der Waals surface area contributed by atoms with Crippen LogP contribution in [0.25, 0.3) is 0 Å².